The van der Waals surface area contributed by atoms with E-state index < -0.39 is 21.6 Å². The lowest BCUT2D eigenvalue weighted by Crippen LogP contribution is -2.44. The number of anilines is 1. The van der Waals surface area contributed by atoms with E-state index in [2.05, 4.69) is 39.0 Å². The number of nitrogens with zero attached hydrogens (tertiary/aromatic N) is 1. The van der Waals surface area contributed by atoms with E-state index in [9.17, 15) is 13.5 Å². The van der Waals surface area contributed by atoms with Crippen molar-refractivity contribution >= 4 is 15.9 Å². The normalized spacial score (nSPS) is 24.4. The van der Waals surface area contributed by atoms with Gasteiger partial charge in [0.05, 0.1) is 5.54 Å². The van der Waals surface area contributed by atoms with E-state index in [1.807, 2.05) is 0 Å². The molecule has 2 N–H and O–H groups in total. The molecule has 1 aliphatic carbocycles. The predicted octanol–water partition coefficient (Wildman–Crippen LogP) is 3.94. The maximum Gasteiger partial charge on any atom is 0.324 e. The first-order valence-electron chi connectivity index (χ1n) is 9.10. The van der Waals surface area contributed by atoms with Gasteiger partial charge in [-0.3, -0.25) is 4.72 Å². The van der Waals surface area contributed by atoms with Crippen LogP contribution in [0.1, 0.15) is 58.2 Å². The number of phenols is 1. The zero-order valence-corrected chi connectivity index (χ0v) is 17.9. The molecule has 5 nitrogen and oxygen atoms in total. The molecule has 0 spiro atoms. The predicted molar refractivity (Wildman–Crippen MR) is 106 cm³/mol. The van der Waals surface area contributed by atoms with Gasteiger partial charge in [-0.25, -0.2) is 8.70 Å². The summed E-state index contributed by atoms with van der Waals surface area (Å²) < 4.78 is 44.4. The van der Waals surface area contributed by atoms with E-state index in [1.54, 1.807) is 20.8 Å². The molecule has 1 fully saturated rings. The second-order valence-electron chi connectivity index (χ2n) is 9.62. The number of halogens is 1. The van der Waals surface area contributed by atoms with Crippen LogP contribution in [0.15, 0.2) is 12.3 Å². The van der Waals surface area contributed by atoms with E-state index in [4.69, 9.17) is 0 Å². The molecule has 0 bridgehead atoms. The minimum atomic E-state index is -4.05. The first-order chi connectivity index (χ1) is 12.0. The Labute approximate surface area is 161 Å². The van der Waals surface area contributed by atoms with Gasteiger partial charge in [-0.1, -0.05) is 34.3 Å². The van der Waals surface area contributed by atoms with Crippen molar-refractivity contribution in [1.82, 2.24) is 4.72 Å². The summed E-state index contributed by atoms with van der Waals surface area (Å²) in [6, 6.07) is 0. The number of rotatable bonds is 1. The molecule has 0 atom stereocenters. The van der Waals surface area contributed by atoms with Crippen LogP contribution in [0.4, 0.5) is 10.1 Å². The Kier molecular flexibility index (Phi) is 4.00. The fourth-order valence-electron chi connectivity index (χ4n) is 4.05. The summed E-state index contributed by atoms with van der Waals surface area (Å²) in [4.78, 5) is 0. The van der Waals surface area contributed by atoms with E-state index in [0.717, 1.165) is 9.87 Å². The van der Waals surface area contributed by atoms with Gasteiger partial charge in [0.2, 0.25) is 0 Å². The van der Waals surface area contributed by atoms with Crippen LogP contribution in [0.25, 0.3) is 0 Å². The van der Waals surface area contributed by atoms with Gasteiger partial charge in [-0.15, -0.1) is 0 Å². The number of benzene rings is 1. The summed E-state index contributed by atoms with van der Waals surface area (Å²) in [6.07, 6.45) is 1.09. The Balaban J connectivity index is 2.33. The van der Waals surface area contributed by atoms with Gasteiger partial charge < -0.3 is 5.11 Å². The Bertz CT molecular complexity index is 962. The Hall–Kier alpha value is -1.76. The van der Waals surface area contributed by atoms with E-state index >= 15 is 4.39 Å². The number of aromatic hydroxyl groups is 1. The van der Waals surface area contributed by atoms with Crippen molar-refractivity contribution in [3.05, 3.63) is 34.8 Å². The van der Waals surface area contributed by atoms with Crippen molar-refractivity contribution in [1.29, 1.82) is 0 Å². The second-order valence-corrected chi connectivity index (χ2v) is 11.1. The highest BCUT2D eigenvalue weighted by molar-refractivity contribution is 7.91. The van der Waals surface area contributed by atoms with Crippen LogP contribution in [-0.2, 0) is 23.1 Å². The molecular weight excluding hydrogens is 367 g/mol. The maximum absolute atomic E-state index is 15.7. The summed E-state index contributed by atoms with van der Waals surface area (Å²) >= 11 is 0. The highest BCUT2D eigenvalue weighted by Crippen LogP contribution is 2.53. The molecule has 27 heavy (non-hydrogen) atoms. The molecule has 1 saturated heterocycles. The fraction of sp³-hybridized carbons (Fsp3) is 0.600. The number of phenolic OH excluding ortho intramolecular Hbond substituents is 1. The molecule has 150 valence electrons. The smallest absolute Gasteiger partial charge is 0.324 e. The molecule has 0 aromatic heterocycles. The van der Waals surface area contributed by atoms with Gasteiger partial charge in [0, 0.05) is 5.70 Å². The topological polar surface area (TPSA) is 69.6 Å². The molecule has 1 aromatic carbocycles. The SMILES string of the molecule is C=C1NS(=O)(=O)N(c2c(O)c(C)c3c(c2F)CC(C)(C)C(C)(C)C3)C1(C)C. The molecule has 1 aliphatic heterocycles. The van der Waals surface area contributed by atoms with Crippen LogP contribution in [0, 0.1) is 23.6 Å². The number of hydrogen-bond acceptors (Lipinski definition) is 3. The van der Waals surface area contributed by atoms with Crippen LogP contribution >= 0.6 is 0 Å². The van der Waals surface area contributed by atoms with Gasteiger partial charge in [-0.2, -0.15) is 8.42 Å². The lowest BCUT2D eigenvalue weighted by Gasteiger charge is -2.47. The zero-order chi connectivity index (χ0) is 20.7. The molecule has 0 saturated carbocycles. The minimum Gasteiger partial charge on any atom is -0.505 e. The summed E-state index contributed by atoms with van der Waals surface area (Å²) in [5.41, 5.74) is 0.376. The standard InChI is InChI=1S/C20H29FN2O3S/c1-11-13-9-18(3,4)19(5,6)10-14(13)15(21)16(17(11)24)23-20(7,8)12(2)22-27(23,25)26/h22,24H,2,9-10H2,1,3-8H3. The molecule has 3 rings (SSSR count). The van der Waals surface area contributed by atoms with Crippen molar-refractivity contribution in [2.45, 2.75) is 66.8 Å². The lowest BCUT2D eigenvalue weighted by atomic mass is 9.58. The molecule has 7 heteroatoms. The summed E-state index contributed by atoms with van der Waals surface area (Å²) in [5.74, 6) is -0.986. The van der Waals surface area contributed by atoms with Crippen molar-refractivity contribution in [2.24, 2.45) is 10.8 Å². The Morgan fingerprint density at radius 2 is 1.56 bits per heavy atom. The summed E-state index contributed by atoms with van der Waals surface area (Å²) in [6.45, 7) is 17.2. The van der Waals surface area contributed by atoms with Gasteiger partial charge in [-0.05, 0) is 61.1 Å². The van der Waals surface area contributed by atoms with E-state index in [-0.39, 0.29) is 28.0 Å². The molecule has 0 amide bonds. The minimum absolute atomic E-state index is 0.0833. The van der Waals surface area contributed by atoms with E-state index in [0.29, 0.717) is 24.0 Å². The van der Waals surface area contributed by atoms with Gasteiger partial charge in [0.1, 0.15) is 11.4 Å². The molecule has 2 aliphatic rings. The molecule has 1 heterocycles. The van der Waals surface area contributed by atoms with Crippen LogP contribution in [0.5, 0.6) is 5.75 Å². The van der Waals surface area contributed by atoms with Crippen LogP contribution in [0.2, 0.25) is 0 Å². The zero-order valence-electron chi connectivity index (χ0n) is 17.1. The van der Waals surface area contributed by atoms with Gasteiger partial charge >= 0.3 is 10.2 Å². The average Bonchev–Trinajstić information content (AvgIpc) is 2.65. The van der Waals surface area contributed by atoms with Crippen molar-refractivity contribution in [3.63, 3.8) is 0 Å². The third-order valence-corrected chi connectivity index (χ3v) is 8.50. The van der Waals surface area contributed by atoms with Crippen LogP contribution in [-0.4, -0.2) is 19.1 Å². The quantitative estimate of drug-likeness (QED) is 0.755. The first-order valence-corrected chi connectivity index (χ1v) is 10.5. The second kappa shape index (κ2) is 5.40. The molecular formula is C20H29FN2O3S. The van der Waals surface area contributed by atoms with E-state index in [1.165, 1.54) is 0 Å². The van der Waals surface area contributed by atoms with Gasteiger partial charge in [0.25, 0.3) is 0 Å². The van der Waals surface area contributed by atoms with Crippen molar-refractivity contribution < 1.29 is 17.9 Å². The third-order valence-electron chi connectivity index (χ3n) is 6.88. The lowest BCUT2D eigenvalue weighted by molar-refractivity contribution is 0.0943. The summed E-state index contributed by atoms with van der Waals surface area (Å²) in [5, 5.41) is 10.8. The van der Waals surface area contributed by atoms with Crippen molar-refractivity contribution in [2.75, 3.05) is 4.31 Å². The monoisotopic (exact) mass is 396 g/mol. The largest absolute Gasteiger partial charge is 0.505 e. The third kappa shape index (κ3) is 2.57. The first kappa shape index (κ1) is 20.0. The number of fused-ring (bicyclic) bond motifs is 1. The van der Waals surface area contributed by atoms with Crippen LogP contribution < -0.4 is 9.03 Å². The molecule has 1 aromatic rings. The number of nitrogens with one attached hydrogen (secondary N) is 1. The van der Waals surface area contributed by atoms with Crippen molar-refractivity contribution in [3.8, 4) is 5.75 Å². The molecule has 0 radical (unpaired) electrons. The highest BCUT2D eigenvalue weighted by atomic mass is 32.2. The Morgan fingerprint density at radius 3 is 2.00 bits per heavy atom. The molecule has 0 unspecified atom stereocenters. The Morgan fingerprint density at radius 1 is 1.07 bits per heavy atom. The highest BCUT2D eigenvalue weighted by Gasteiger charge is 2.51. The summed E-state index contributed by atoms with van der Waals surface area (Å²) in [7, 11) is -4.05. The fourth-order valence-corrected chi connectivity index (χ4v) is 5.82. The van der Waals surface area contributed by atoms with Gasteiger partial charge in [0.15, 0.2) is 5.82 Å². The number of hydrogen-bond donors (Lipinski definition) is 2. The van der Waals surface area contributed by atoms with Crippen LogP contribution in [0.3, 0.4) is 0 Å². The average molecular weight is 397 g/mol. The maximum atomic E-state index is 15.7.